The predicted molar refractivity (Wildman–Crippen MR) is 119 cm³/mol. The zero-order chi connectivity index (χ0) is 21.1. The van der Waals surface area contributed by atoms with Gasteiger partial charge in [0.25, 0.3) is 11.1 Å². The zero-order valence-electron chi connectivity index (χ0n) is 16.4. The van der Waals surface area contributed by atoms with Crippen LogP contribution in [-0.4, -0.2) is 66.7 Å². The molecule has 0 spiro atoms. The summed E-state index contributed by atoms with van der Waals surface area (Å²) in [6.07, 6.45) is 1.70. The quantitative estimate of drug-likeness (QED) is 0.662. The van der Waals surface area contributed by atoms with Gasteiger partial charge in [0, 0.05) is 36.7 Å². The van der Waals surface area contributed by atoms with Crippen LogP contribution in [0.15, 0.2) is 46.7 Å². The van der Waals surface area contributed by atoms with Crippen molar-refractivity contribution < 1.29 is 19.1 Å². The summed E-state index contributed by atoms with van der Waals surface area (Å²) in [7, 11) is 1.63. The number of ether oxygens (including phenoxy) is 1. The van der Waals surface area contributed by atoms with Crippen molar-refractivity contribution in [3.05, 3.63) is 51.6 Å². The van der Waals surface area contributed by atoms with Gasteiger partial charge in [0.15, 0.2) is 0 Å². The third-order valence-corrected chi connectivity index (χ3v) is 6.78. The SMILES string of the molecule is COc1ccc(N2CCN(C(=O)CN3C(=O)SC(=Cc4cccs4)C3=O)CC2)cc1. The van der Waals surface area contributed by atoms with E-state index >= 15 is 0 Å². The summed E-state index contributed by atoms with van der Waals surface area (Å²) in [6.45, 7) is 2.27. The average molecular weight is 444 g/mol. The second-order valence-corrected chi connectivity index (χ2v) is 8.82. The molecule has 4 rings (SSSR count). The molecule has 0 radical (unpaired) electrons. The lowest BCUT2D eigenvalue weighted by Crippen LogP contribution is -2.51. The number of carbonyl (C=O) groups is 3. The summed E-state index contributed by atoms with van der Waals surface area (Å²) in [6, 6.07) is 11.6. The number of rotatable bonds is 5. The van der Waals surface area contributed by atoms with Crippen LogP contribution in [0.3, 0.4) is 0 Å². The number of methoxy groups -OCH3 is 1. The van der Waals surface area contributed by atoms with Crippen LogP contribution >= 0.6 is 23.1 Å². The molecular weight excluding hydrogens is 422 g/mol. The molecule has 1 aromatic heterocycles. The molecule has 3 heterocycles. The fraction of sp³-hybridized carbons (Fsp3) is 0.286. The van der Waals surface area contributed by atoms with Crippen molar-refractivity contribution in [2.75, 3.05) is 44.7 Å². The number of thiophene rings is 1. The summed E-state index contributed by atoms with van der Waals surface area (Å²) in [4.78, 5) is 43.8. The molecule has 3 amide bonds. The molecule has 7 nitrogen and oxygen atoms in total. The van der Waals surface area contributed by atoms with Crippen LogP contribution in [0.5, 0.6) is 5.75 Å². The Morgan fingerprint density at radius 1 is 1.10 bits per heavy atom. The maximum Gasteiger partial charge on any atom is 0.294 e. The van der Waals surface area contributed by atoms with E-state index in [2.05, 4.69) is 4.90 Å². The van der Waals surface area contributed by atoms with Crippen molar-refractivity contribution in [1.82, 2.24) is 9.80 Å². The van der Waals surface area contributed by atoms with E-state index in [-0.39, 0.29) is 12.5 Å². The molecule has 0 N–H and O–H groups in total. The summed E-state index contributed by atoms with van der Waals surface area (Å²) in [5.74, 6) is 0.200. The number of anilines is 1. The van der Waals surface area contributed by atoms with Crippen molar-refractivity contribution in [2.45, 2.75) is 0 Å². The standard InChI is InChI=1S/C21H21N3O4S2/c1-28-16-6-4-15(5-7-16)22-8-10-23(11-9-22)19(25)14-24-20(26)18(30-21(24)27)13-17-3-2-12-29-17/h2-7,12-13H,8-11,14H2,1H3. The van der Waals surface area contributed by atoms with Gasteiger partial charge in [-0.25, -0.2) is 0 Å². The molecule has 30 heavy (non-hydrogen) atoms. The van der Waals surface area contributed by atoms with Gasteiger partial charge in [-0.15, -0.1) is 11.3 Å². The number of thioether (sulfide) groups is 1. The van der Waals surface area contributed by atoms with Gasteiger partial charge < -0.3 is 14.5 Å². The Bertz CT molecular complexity index is 965. The fourth-order valence-corrected chi connectivity index (χ4v) is 4.94. The smallest absolute Gasteiger partial charge is 0.294 e. The maximum absolute atomic E-state index is 12.7. The van der Waals surface area contributed by atoms with Crippen molar-refractivity contribution >= 4 is 51.9 Å². The largest absolute Gasteiger partial charge is 0.497 e. The summed E-state index contributed by atoms with van der Waals surface area (Å²) in [5, 5.41) is 1.51. The normalized spacial score (nSPS) is 18.4. The van der Waals surface area contributed by atoms with Gasteiger partial charge in [-0.2, -0.15) is 0 Å². The van der Waals surface area contributed by atoms with E-state index in [0.29, 0.717) is 31.1 Å². The molecule has 0 unspecified atom stereocenters. The third-order valence-electron chi connectivity index (χ3n) is 5.05. The summed E-state index contributed by atoms with van der Waals surface area (Å²) >= 11 is 2.38. The molecule has 0 atom stereocenters. The molecule has 1 aromatic carbocycles. The summed E-state index contributed by atoms with van der Waals surface area (Å²) < 4.78 is 5.19. The molecule has 2 aliphatic rings. The number of imide groups is 1. The van der Waals surface area contributed by atoms with Crippen LogP contribution in [0.1, 0.15) is 4.88 Å². The number of nitrogens with zero attached hydrogens (tertiary/aromatic N) is 3. The predicted octanol–water partition coefficient (Wildman–Crippen LogP) is 3.14. The van der Waals surface area contributed by atoms with Gasteiger partial charge in [0.2, 0.25) is 5.91 Å². The zero-order valence-corrected chi connectivity index (χ0v) is 18.1. The van der Waals surface area contributed by atoms with Gasteiger partial charge in [-0.3, -0.25) is 19.3 Å². The minimum absolute atomic E-state index is 0.205. The average Bonchev–Trinajstić information content (AvgIpc) is 3.38. The van der Waals surface area contributed by atoms with Crippen molar-refractivity contribution in [3.8, 4) is 5.75 Å². The minimum atomic E-state index is -0.399. The Balaban J connectivity index is 1.33. The van der Waals surface area contributed by atoms with Gasteiger partial charge in [0.1, 0.15) is 12.3 Å². The second-order valence-electron chi connectivity index (χ2n) is 6.85. The van der Waals surface area contributed by atoms with Crippen molar-refractivity contribution in [3.63, 3.8) is 0 Å². The molecule has 2 aromatic rings. The molecule has 2 aliphatic heterocycles. The fourth-order valence-electron chi connectivity index (χ4n) is 3.38. The number of piperazine rings is 1. The van der Waals surface area contributed by atoms with E-state index in [0.717, 1.165) is 33.0 Å². The Labute approximate surface area is 182 Å². The molecule has 0 saturated carbocycles. The van der Waals surface area contributed by atoms with Crippen molar-refractivity contribution in [2.24, 2.45) is 0 Å². The first kappa shape index (κ1) is 20.5. The van der Waals surface area contributed by atoms with E-state index in [4.69, 9.17) is 4.74 Å². The number of carbonyl (C=O) groups excluding carboxylic acids is 3. The van der Waals surface area contributed by atoms with E-state index in [9.17, 15) is 14.4 Å². The second kappa shape index (κ2) is 8.93. The van der Waals surface area contributed by atoms with Crippen LogP contribution in [0, 0.1) is 0 Å². The van der Waals surface area contributed by atoms with E-state index < -0.39 is 11.1 Å². The first-order chi connectivity index (χ1) is 14.5. The lowest BCUT2D eigenvalue weighted by Gasteiger charge is -2.36. The molecular formula is C21H21N3O4S2. The molecule has 2 fully saturated rings. The molecule has 2 saturated heterocycles. The minimum Gasteiger partial charge on any atom is -0.497 e. The summed E-state index contributed by atoms with van der Waals surface area (Å²) in [5.41, 5.74) is 1.08. The molecule has 0 aliphatic carbocycles. The Kier molecular flexibility index (Phi) is 6.10. The van der Waals surface area contributed by atoms with Crippen LogP contribution < -0.4 is 9.64 Å². The van der Waals surface area contributed by atoms with E-state index in [1.807, 2.05) is 41.8 Å². The molecule has 9 heteroatoms. The van der Waals surface area contributed by atoms with Crippen LogP contribution in [0.4, 0.5) is 10.5 Å². The highest BCUT2D eigenvalue weighted by molar-refractivity contribution is 8.18. The van der Waals surface area contributed by atoms with Gasteiger partial charge in [-0.05, 0) is 53.5 Å². The highest BCUT2D eigenvalue weighted by Crippen LogP contribution is 2.33. The van der Waals surface area contributed by atoms with Crippen LogP contribution in [0.2, 0.25) is 0 Å². The van der Waals surface area contributed by atoms with Gasteiger partial charge in [-0.1, -0.05) is 6.07 Å². The lowest BCUT2D eigenvalue weighted by molar-refractivity contribution is -0.136. The van der Waals surface area contributed by atoms with Crippen molar-refractivity contribution in [1.29, 1.82) is 0 Å². The Morgan fingerprint density at radius 2 is 1.83 bits per heavy atom. The van der Waals surface area contributed by atoms with E-state index in [1.54, 1.807) is 18.1 Å². The monoisotopic (exact) mass is 443 g/mol. The maximum atomic E-state index is 12.7. The number of hydrogen-bond donors (Lipinski definition) is 0. The van der Waals surface area contributed by atoms with Gasteiger partial charge >= 0.3 is 0 Å². The Hall–Kier alpha value is -2.78. The highest BCUT2D eigenvalue weighted by atomic mass is 32.2. The molecule has 156 valence electrons. The number of amides is 3. The number of hydrogen-bond acceptors (Lipinski definition) is 7. The van der Waals surface area contributed by atoms with Crippen LogP contribution in [-0.2, 0) is 9.59 Å². The van der Waals surface area contributed by atoms with Gasteiger partial charge in [0.05, 0.1) is 12.0 Å². The lowest BCUT2D eigenvalue weighted by atomic mass is 10.2. The first-order valence-corrected chi connectivity index (χ1v) is 11.2. The highest BCUT2D eigenvalue weighted by Gasteiger charge is 2.37. The topological polar surface area (TPSA) is 70.2 Å². The van der Waals surface area contributed by atoms with E-state index in [1.165, 1.54) is 11.3 Å². The Morgan fingerprint density at radius 3 is 2.47 bits per heavy atom. The first-order valence-electron chi connectivity index (χ1n) is 9.51. The van der Waals surface area contributed by atoms with Crippen LogP contribution in [0.25, 0.3) is 6.08 Å². The number of benzene rings is 1. The third kappa shape index (κ3) is 4.36. The molecule has 0 bridgehead atoms.